The number of rotatable bonds is 6. The molecule has 208 valence electrons. The molecule has 0 saturated heterocycles. The summed E-state index contributed by atoms with van der Waals surface area (Å²) in [5, 5.41) is 2.61. The molecule has 4 aromatic rings. The number of pyridine rings is 1. The van der Waals surface area contributed by atoms with Crippen molar-refractivity contribution in [2.45, 2.75) is 24.3 Å². The highest BCUT2D eigenvalue weighted by Crippen LogP contribution is 2.38. The molecule has 0 saturated carbocycles. The summed E-state index contributed by atoms with van der Waals surface area (Å²) in [6.07, 6.45) is -9.27. The molecule has 1 N–H and O–H groups in total. The van der Waals surface area contributed by atoms with E-state index in [1.165, 1.54) is 12.1 Å². The van der Waals surface area contributed by atoms with Crippen molar-refractivity contribution in [3.63, 3.8) is 0 Å². The van der Waals surface area contributed by atoms with E-state index < -0.39 is 57.7 Å². The van der Waals surface area contributed by atoms with E-state index in [1.807, 2.05) is 0 Å². The Bertz CT molecular complexity index is 1520. The number of hydrogen-bond donors (Lipinski definition) is 1. The van der Waals surface area contributed by atoms with Crippen LogP contribution in [0.3, 0.4) is 0 Å². The summed E-state index contributed by atoms with van der Waals surface area (Å²) in [6, 6.07) is 13.8. The molecule has 0 aliphatic rings. The fraction of sp³-hybridized carbons (Fsp3) is 0.143. The van der Waals surface area contributed by atoms with Gasteiger partial charge in [0.25, 0.3) is 5.91 Å². The van der Waals surface area contributed by atoms with Crippen LogP contribution in [0.25, 0.3) is 0 Å². The van der Waals surface area contributed by atoms with E-state index in [1.54, 1.807) is 30.3 Å². The fourth-order valence-corrected chi connectivity index (χ4v) is 4.31. The van der Waals surface area contributed by atoms with Gasteiger partial charge in [0, 0.05) is 18.2 Å². The highest BCUT2D eigenvalue weighted by Gasteiger charge is 2.42. The van der Waals surface area contributed by atoms with E-state index in [0.29, 0.717) is 17.7 Å². The van der Waals surface area contributed by atoms with Gasteiger partial charge >= 0.3 is 12.4 Å². The van der Waals surface area contributed by atoms with Crippen molar-refractivity contribution in [1.29, 1.82) is 0 Å². The molecule has 1 aromatic heterocycles. The second-order valence-electron chi connectivity index (χ2n) is 8.80. The van der Waals surface area contributed by atoms with Crippen molar-refractivity contribution in [2.75, 3.05) is 0 Å². The van der Waals surface area contributed by atoms with Crippen LogP contribution in [-0.4, -0.2) is 10.9 Å². The molecule has 0 spiro atoms. The van der Waals surface area contributed by atoms with Gasteiger partial charge in [-0.2, -0.15) is 26.3 Å². The average Bonchev–Trinajstić information content (AvgIpc) is 2.88. The van der Waals surface area contributed by atoms with Crippen LogP contribution in [0.1, 0.15) is 38.3 Å². The first-order valence-corrected chi connectivity index (χ1v) is 11.8. The number of hydrogen-bond acceptors (Lipinski definition) is 2. The molecular weight excluding hydrogens is 568 g/mol. The van der Waals surface area contributed by atoms with Crippen molar-refractivity contribution in [3.8, 4) is 0 Å². The van der Waals surface area contributed by atoms with Crippen molar-refractivity contribution in [3.05, 3.63) is 135 Å². The lowest BCUT2D eigenvalue weighted by molar-refractivity contribution is -0.140. The molecule has 0 unspecified atom stereocenters. The Morgan fingerprint density at radius 3 is 2.08 bits per heavy atom. The number of nitrogens with zero attached hydrogens (tertiary/aromatic N) is 1. The van der Waals surface area contributed by atoms with Gasteiger partial charge in [-0.05, 0) is 59.7 Å². The topological polar surface area (TPSA) is 42.0 Å². The Morgan fingerprint density at radius 2 is 1.48 bits per heavy atom. The zero-order valence-corrected chi connectivity index (χ0v) is 20.8. The Kier molecular flexibility index (Phi) is 7.89. The Labute approximate surface area is 227 Å². The van der Waals surface area contributed by atoms with E-state index in [-0.39, 0.29) is 29.3 Å². The normalized spacial score (nSPS) is 13.5. The van der Waals surface area contributed by atoms with Gasteiger partial charge in [0.15, 0.2) is 0 Å². The Morgan fingerprint density at radius 1 is 0.800 bits per heavy atom. The zero-order chi connectivity index (χ0) is 29.3. The van der Waals surface area contributed by atoms with Crippen LogP contribution < -0.4 is 5.32 Å². The molecule has 40 heavy (non-hydrogen) atoms. The number of benzene rings is 3. The monoisotopic (exact) mass is 584 g/mol. The standard InChI is InChI=1S/C28H17ClF8N2O/c29-20-7-9-24(38-15-20)26(14-16-4-2-1-3-5-16,18-11-19(27(32,33)34)13-21(30)12-18)39-25(40)17-6-8-23(31)22(10-17)28(35,36)37/h1-13,15H,14H2,(H,39,40)/t26-/m0/s1. The van der Waals surface area contributed by atoms with Crippen molar-refractivity contribution in [1.82, 2.24) is 10.3 Å². The summed E-state index contributed by atoms with van der Waals surface area (Å²) < 4.78 is 110. The molecule has 12 heteroatoms. The van der Waals surface area contributed by atoms with E-state index in [2.05, 4.69) is 10.3 Å². The summed E-state index contributed by atoms with van der Waals surface area (Å²) in [7, 11) is 0. The SMILES string of the molecule is O=C(N[C@@](Cc1ccccc1)(c1cc(F)cc(C(F)(F)F)c1)c1ccc(Cl)cn1)c1ccc(F)c(C(F)(F)F)c1. The second-order valence-corrected chi connectivity index (χ2v) is 9.24. The summed E-state index contributed by atoms with van der Waals surface area (Å²) in [4.78, 5) is 17.6. The van der Waals surface area contributed by atoms with E-state index >= 15 is 0 Å². The van der Waals surface area contributed by atoms with Gasteiger partial charge in [0.2, 0.25) is 0 Å². The molecule has 1 amide bonds. The highest BCUT2D eigenvalue weighted by atomic mass is 35.5. The third-order valence-corrected chi connectivity index (χ3v) is 6.28. The smallest absolute Gasteiger partial charge is 0.337 e. The van der Waals surface area contributed by atoms with E-state index in [9.17, 15) is 39.9 Å². The molecular formula is C28H17ClF8N2O. The fourth-order valence-electron chi connectivity index (χ4n) is 4.20. The Hall–Kier alpha value is -3.99. The number of alkyl halides is 6. The number of aromatic nitrogens is 1. The summed E-state index contributed by atoms with van der Waals surface area (Å²) in [5.41, 5.74) is -5.83. The van der Waals surface area contributed by atoms with Crippen LogP contribution in [-0.2, 0) is 24.3 Å². The van der Waals surface area contributed by atoms with Crippen molar-refractivity contribution in [2.24, 2.45) is 0 Å². The summed E-state index contributed by atoms with van der Waals surface area (Å²) >= 11 is 5.95. The first-order valence-electron chi connectivity index (χ1n) is 11.4. The molecule has 4 rings (SSSR count). The predicted octanol–water partition coefficient (Wildman–Crippen LogP) is 7.97. The van der Waals surface area contributed by atoms with Gasteiger partial charge in [0.1, 0.15) is 17.2 Å². The number of nitrogens with one attached hydrogen (secondary N) is 1. The molecule has 3 aromatic carbocycles. The first kappa shape index (κ1) is 29.0. The molecule has 0 fully saturated rings. The number of carbonyl (C=O) groups excluding carboxylic acids is 1. The number of amides is 1. The summed E-state index contributed by atoms with van der Waals surface area (Å²) in [5.74, 6) is -4.12. The van der Waals surface area contributed by atoms with Gasteiger partial charge in [-0.1, -0.05) is 41.9 Å². The molecule has 1 heterocycles. The first-order chi connectivity index (χ1) is 18.7. The zero-order valence-electron chi connectivity index (χ0n) is 20.0. The lowest BCUT2D eigenvalue weighted by Crippen LogP contribution is -2.49. The van der Waals surface area contributed by atoms with Gasteiger partial charge in [-0.3, -0.25) is 9.78 Å². The maximum absolute atomic E-state index is 14.7. The molecule has 0 radical (unpaired) electrons. The van der Waals surface area contributed by atoms with Gasteiger partial charge in [-0.25, -0.2) is 8.78 Å². The molecule has 1 atom stereocenters. The largest absolute Gasteiger partial charge is 0.419 e. The van der Waals surface area contributed by atoms with E-state index in [0.717, 1.165) is 18.3 Å². The van der Waals surface area contributed by atoms with Crippen LogP contribution in [0.2, 0.25) is 5.02 Å². The van der Waals surface area contributed by atoms with Crippen LogP contribution >= 0.6 is 11.6 Å². The molecule has 0 bridgehead atoms. The maximum Gasteiger partial charge on any atom is 0.419 e. The third-order valence-electron chi connectivity index (χ3n) is 6.06. The summed E-state index contributed by atoms with van der Waals surface area (Å²) in [6.45, 7) is 0. The predicted molar refractivity (Wildman–Crippen MR) is 130 cm³/mol. The van der Waals surface area contributed by atoms with Crippen LogP contribution in [0.15, 0.2) is 85.1 Å². The van der Waals surface area contributed by atoms with Crippen LogP contribution in [0.4, 0.5) is 35.1 Å². The quantitative estimate of drug-likeness (QED) is 0.234. The lowest BCUT2D eigenvalue weighted by Gasteiger charge is -2.36. The Balaban J connectivity index is 1.98. The minimum atomic E-state index is -5.14. The maximum atomic E-state index is 14.7. The van der Waals surface area contributed by atoms with Crippen LogP contribution in [0, 0.1) is 11.6 Å². The highest BCUT2D eigenvalue weighted by molar-refractivity contribution is 6.30. The third kappa shape index (κ3) is 6.25. The van der Waals surface area contributed by atoms with Gasteiger partial charge in [0.05, 0.1) is 21.8 Å². The van der Waals surface area contributed by atoms with Gasteiger partial charge in [-0.15, -0.1) is 0 Å². The molecule has 0 aliphatic heterocycles. The second kappa shape index (κ2) is 10.9. The number of carbonyl (C=O) groups is 1. The van der Waals surface area contributed by atoms with Crippen molar-refractivity contribution < 1.29 is 39.9 Å². The molecule has 0 aliphatic carbocycles. The van der Waals surface area contributed by atoms with Crippen LogP contribution in [0.5, 0.6) is 0 Å². The van der Waals surface area contributed by atoms with Crippen molar-refractivity contribution >= 4 is 17.5 Å². The number of halogens is 9. The minimum absolute atomic E-state index is 0.0917. The minimum Gasteiger partial charge on any atom is -0.337 e. The lowest BCUT2D eigenvalue weighted by atomic mass is 9.79. The van der Waals surface area contributed by atoms with Gasteiger partial charge < -0.3 is 5.32 Å². The molecule has 3 nitrogen and oxygen atoms in total. The van der Waals surface area contributed by atoms with E-state index in [4.69, 9.17) is 11.6 Å². The average molecular weight is 585 g/mol.